The van der Waals surface area contributed by atoms with Crippen molar-refractivity contribution in [1.29, 1.82) is 0 Å². The molecule has 0 radical (unpaired) electrons. The number of rotatable bonds is 7. The number of carbonyl (C=O) groups excluding carboxylic acids is 2. The van der Waals surface area contributed by atoms with Gasteiger partial charge in [-0.25, -0.2) is 0 Å². The highest BCUT2D eigenvalue weighted by Crippen LogP contribution is 2.43. The van der Waals surface area contributed by atoms with Gasteiger partial charge in [0.1, 0.15) is 17.3 Å². The van der Waals surface area contributed by atoms with Crippen LogP contribution in [0, 0.1) is 6.92 Å². The van der Waals surface area contributed by atoms with Crippen LogP contribution in [-0.4, -0.2) is 30.5 Å². The summed E-state index contributed by atoms with van der Waals surface area (Å²) >= 11 is 0. The van der Waals surface area contributed by atoms with Crippen molar-refractivity contribution in [1.82, 2.24) is 0 Å². The highest BCUT2D eigenvalue weighted by Gasteiger charge is 2.47. The van der Waals surface area contributed by atoms with Crippen molar-refractivity contribution < 1.29 is 24.2 Å². The molecule has 0 aromatic heterocycles. The van der Waals surface area contributed by atoms with Crippen LogP contribution in [-0.2, 0) is 9.59 Å². The molecule has 0 spiro atoms. The number of amides is 1. The van der Waals surface area contributed by atoms with Crippen molar-refractivity contribution in [2.45, 2.75) is 39.7 Å². The summed E-state index contributed by atoms with van der Waals surface area (Å²) < 4.78 is 11.0. The van der Waals surface area contributed by atoms with E-state index in [2.05, 4.69) is 13.8 Å². The van der Waals surface area contributed by atoms with E-state index in [0.717, 1.165) is 16.7 Å². The Bertz CT molecular complexity index is 1320. The summed E-state index contributed by atoms with van der Waals surface area (Å²) in [6, 6.07) is 19.3. The van der Waals surface area contributed by atoms with Crippen molar-refractivity contribution in [3.05, 3.63) is 94.6 Å². The molecular weight excluding hydrogens is 454 g/mol. The number of ketones is 1. The SMILES string of the molecule is CCOc1cccc(N2C(=O)C(=O)/C(=C(/O)c3ccc(OC)c(C)c3)C2c2ccc(C(C)C)cc2)c1. The van der Waals surface area contributed by atoms with E-state index in [1.54, 1.807) is 49.6 Å². The highest BCUT2D eigenvalue weighted by molar-refractivity contribution is 6.51. The molecule has 1 atom stereocenters. The molecule has 6 heteroatoms. The second kappa shape index (κ2) is 10.3. The molecule has 3 aromatic rings. The van der Waals surface area contributed by atoms with E-state index in [1.807, 2.05) is 38.1 Å². The number of aryl methyl sites for hydroxylation is 1. The van der Waals surface area contributed by atoms with Crippen LogP contribution in [0.3, 0.4) is 0 Å². The summed E-state index contributed by atoms with van der Waals surface area (Å²) in [5.74, 6) is -0.0673. The normalized spacial score (nSPS) is 17.1. The molecular formula is C30H31NO5. The first-order chi connectivity index (χ1) is 17.3. The van der Waals surface area contributed by atoms with E-state index in [1.165, 1.54) is 4.90 Å². The molecule has 1 aliphatic rings. The largest absolute Gasteiger partial charge is 0.507 e. The van der Waals surface area contributed by atoms with Crippen LogP contribution in [0.4, 0.5) is 5.69 Å². The van der Waals surface area contributed by atoms with E-state index >= 15 is 0 Å². The number of hydrogen-bond donors (Lipinski definition) is 1. The van der Waals surface area contributed by atoms with Gasteiger partial charge in [-0.1, -0.05) is 44.2 Å². The predicted octanol–water partition coefficient (Wildman–Crippen LogP) is 6.15. The second-order valence-corrected chi connectivity index (χ2v) is 9.11. The fraction of sp³-hybridized carbons (Fsp3) is 0.267. The Hall–Kier alpha value is -4.06. The first kappa shape index (κ1) is 25.0. The van der Waals surface area contributed by atoms with Crippen LogP contribution in [0.5, 0.6) is 11.5 Å². The lowest BCUT2D eigenvalue weighted by Crippen LogP contribution is -2.29. The van der Waals surface area contributed by atoms with Crippen LogP contribution in [0.2, 0.25) is 0 Å². The maximum absolute atomic E-state index is 13.4. The lowest BCUT2D eigenvalue weighted by atomic mass is 9.92. The maximum Gasteiger partial charge on any atom is 0.300 e. The summed E-state index contributed by atoms with van der Waals surface area (Å²) in [7, 11) is 1.57. The van der Waals surface area contributed by atoms with Gasteiger partial charge in [0.15, 0.2) is 0 Å². The van der Waals surface area contributed by atoms with Gasteiger partial charge >= 0.3 is 0 Å². The summed E-state index contributed by atoms with van der Waals surface area (Å²) in [6.45, 7) is 8.42. The van der Waals surface area contributed by atoms with E-state index in [0.29, 0.717) is 35.3 Å². The second-order valence-electron chi connectivity index (χ2n) is 9.11. The third-order valence-corrected chi connectivity index (χ3v) is 6.44. The molecule has 36 heavy (non-hydrogen) atoms. The predicted molar refractivity (Wildman–Crippen MR) is 141 cm³/mol. The van der Waals surface area contributed by atoms with Gasteiger partial charge < -0.3 is 14.6 Å². The highest BCUT2D eigenvalue weighted by atomic mass is 16.5. The molecule has 0 saturated carbocycles. The van der Waals surface area contributed by atoms with Gasteiger partial charge in [-0.05, 0) is 66.8 Å². The van der Waals surface area contributed by atoms with Crippen molar-refractivity contribution in [2.75, 3.05) is 18.6 Å². The number of carbonyl (C=O) groups is 2. The van der Waals surface area contributed by atoms with Crippen molar-refractivity contribution >= 4 is 23.1 Å². The number of Topliss-reactive ketones (excluding diaryl/α,β-unsaturated/α-hetero) is 1. The minimum absolute atomic E-state index is 0.0451. The number of aliphatic hydroxyl groups is 1. The minimum atomic E-state index is -0.800. The third-order valence-electron chi connectivity index (χ3n) is 6.44. The lowest BCUT2D eigenvalue weighted by molar-refractivity contribution is -0.132. The van der Waals surface area contributed by atoms with Crippen LogP contribution < -0.4 is 14.4 Å². The molecule has 0 aliphatic carbocycles. The first-order valence-electron chi connectivity index (χ1n) is 12.1. The van der Waals surface area contributed by atoms with Crippen LogP contribution in [0.15, 0.2) is 72.3 Å². The Morgan fingerprint density at radius 3 is 2.36 bits per heavy atom. The van der Waals surface area contributed by atoms with Gasteiger partial charge in [-0.15, -0.1) is 0 Å². The van der Waals surface area contributed by atoms with E-state index in [9.17, 15) is 14.7 Å². The molecule has 1 N–H and O–H groups in total. The van der Waals surface area contributed by atoms with Gasteiger partial charge in [0.2, 0.25) is 0 Å². The maximum atomic E-state index is 13.4. The molecule has 1 saturated heterocycles. The molecule has 1 amide bonds. The van der Waals surface area contributed by atoms with Gasteiger partial charge in [0.25, 0.3) is 11.7 Å². The van der Waals surface area contributed by atoms with E-state index < -0.39 is 17.7 Å². The Kier molecular flexibility index (Phi) is 7.15. The van der Waals surface area contributed by atoms with Gasteiger partial charge in [0.05, 0.1) is 25.3 Å². The molecule has 1 heterocycles. The van der Waals surface area contributed by atoms with E-state index in [4.69, 9.17) is 9.47 Å². The summed E-state index contributed by atoms with van der Waals surface area (Å²) in [6.07, 6.45) is 0. The third kappa shape index (κ3) is 4.59. The molecule has 0 bridgehead atoms. The number of methoxy groups -OCH3 is 1. The topological polar surface area (TPSA) is 76.1 Å². The molecule has 186 valence electrons. The number of nitrogens with zero attached hydrogens (tertiary/aromatic N) is 1. The fourth-order valence-corrected chi connectivity index (χ4v) is 4.55. The minimum Gasteiger partial charge on any atom is -0.507 e. The molecule has 1 aliphatic heterocycles. The average molecular weight is 486 g/mol. The van der Waals surface area contributed by atoms with Gasteiger partial charge in [0, 0.05) is 17.3 Å². The van der Waals surface area contributed by atoms with Crippen molar-refractivity contribution in [2.24, 2.45) is 0 Å². The average Bonchev–Trinajstić information content (AvgIpc) is 3.14. The van der Waals surface area contributed by atoms with Gasteiger partial charge in [-0.2, -0.15) is 0 Å². The van der Waals surface area contributed by atoms with Crippen LogP contribution in [0.1, 0.15) is 55.0 Å². The number of aliphatic hydroxyl groups excluding tert-OH is 1. The molecule has 4 rings (SSSR count). The quantitative estimate of drug-likeness (QED) is 0.247. The molecule has 1 unspecified atom stereocenters. The van der Waals surface area contributed by atoms with Crippen molar-refractivity contribution in [3.8, 4) is 11.5 Å². The number of benzene rings is 3. The monoisotopic (exact) mass is 485 g/mol. The smallest absolute Gasteiger partial charge is 0.300 e. The zero-order valence-electron chi connectivity index (χ0n) is 21.2. The Labute approximate surface area is 211 Å². The number of anilines is 1. The standard InChI is InChI=1S/C30H31NO5/c1-6-36-24-9-7-8-23(17-24)31-27(21-12-10-20(11-13-21)18(2)3)26(29(33)30(31)34)28(32)22-14-15-25(35-5)19(4)16-22/h7-18,27,32H,6H2,1-5H3/b28-26+. The fourth-order valence-electron chi connectivity index (χ4n) is 4.55. The summed E-state index contributed by atoms with van der Waals surface area (Å²) in [4.78, 5) is 28.3. The Balaban J connectivity index is 1.91. The van der Waals surface area contributed by atoms with Crippen molar-refractivity contribution in [3.63, 3.8) is 0 Å². The number of ether oxygens (including phenoxy) is 2. The summed E-state index contributed by atoms with van der Waals surface area (Å²) in [5, 5.41) is 11.4. The summed E-state index contributed by atoms with van der Waals surface area (Å²) in [5.41, 5.74) is 3.68. The molecule has 3 aromatic carbocycles. The zero-order valence-corrected chi connectivity index (χ0v) is 21.2. The van der Waals surface area contributed by atoms with Gasteiger partial charge in [-0.3, -0.25) is 14.5 Å². The van der Waals surface area contributed by atoms with E-state index in [-0.39, 0.29) is 11.3 Å². The first-order valence-corrected chi connectivity index (χ1v) is 12.1. The Morgan fingerprint density at radius 1 is 1.03 bits per heavy atom. The number of hydrogen-bond acceptors (Lipinski definition) is 5. The zero-order chi connectivity index (χ0) is 26.0. The molecule has 6 nitrogen and oxygen atoms in total. The Morgan fingerprint density at radius 2 is 1.75 bits per heavy atom. The van der Waals surface area contributed by atoms with Crippen LogP contribution >= 0.6 is 0 Å². The molecule has 1 fully saturated rings. The van der Waals surface area contributed by atoms with Crippen LogP contribution in [0.25, 0.3) is 5.76 Å². The lowest BCUT2D eigenvalue weighted by Gasteiger charge is -2.26.